The Kier molecular flexibility index (Phi) is 3.71. The van der Waals surface area contributed by atoms with E-state index in [9.17, 15) is 0 Å². The zero-order valence-corrected chi connectivity index (χ0v) is 12.6. The molecule has 0 fully saturated rings. The molecule has 3 rings (SSSR count). The molecule has 0 N–H and O–H groups in total. The van der Waals surface area contributed by atoms with Crippen LogP contribution in [-0.2, 0) is 6.54 Å². The number of benzene rings is 2. The molecule has 0 radical (unpaired) electrons. The maximum absolute atomic E-state index is 9.00. The number of nitrogens with zero attached hydrogens (tertiary/aromatic N) is 4. The highest BCUT2D eigenvalue weighted by molar-refractivity contribution is 5.63. The number of hydrogen-bond acceptors (Lipinski definition) is 3. The molecule has 0 unspecified atom stereocenters. The summed E-state index contributed by atoms with van der Waals surface area (Å²) in [7, 11) is 0. The lowest BCUT2D eigenvalue weighted by molar-refractivity contribution is 0.655. The van der Waals surface area contributed by atoms with E-state index < -0.39 is 0 Å². The van der Waals surface area contributed by atoms with Crippen LogP contribution in [0.5, 0.6) is 0 Å². The van der Waals surface area contributed by atoms with E-state index in [1.54, 1.807) is 12.3 Å². The molecule has 22 heavy (non-hydrogen) atoms. The fourth-order valence-electron chi connectivity index (χ4n) is 2.60. The number of nitriles is 1. The number of hydrogen-bond donors (Lipinski definition) is 0. The standard InChI is InChI=1S/C18H16N4/c1-13-6-7-17(14(2)8-13)18-11-20-21-22(18)12-16-5-3-4-15(9-16)10-19/h3-9,11H,12H2,1-2H3. The summed E-state index contributed by atoms with van der Waals surface area (Å²) in [6, 6.07) is 16.1. The molecule has 0 atom stereocenters. The van der Waals surface area contributed by atoms with Gasteiger partial charge in [0, 0.05) is 5.56 Å². The third-order valence-corrected chi connectivity index (χ3v) is 3.66. The average Bonchev–Trinajstić information content (AvgIpc) is 2.95. The third kappa shape index (κ3) is 2.75. The van der Waals surface area contributed by atoms with Crippen molar-refractivity contribution >= 4 is 0 Å². The minimum atomic E-state index is 0.595. The first-order valence-electron chi connectivity index (χ1n) is 7.12. The van der Waals surface area contributed by atoms with E-state index in [1.165, 1.54) is 11.1 Å². The van der Waals surface area contributed by atoms with Crippen molar-refractivity contribution in [2.45, 2.75) is 20.4 Å². The van der Waals surface area contributed by atoms with Crippen molar-refractivity contribution in [1.82, 2.24) is 15.0 Å². The van der Waals surface area contributed by atoms with Gasteiger partial charge in [0.05, 0.1) is 30.1 Å². The van der Waals surface area contributed by atoms with Gasteiger partial charge in [-0.05, 0) is 37.1 Å². The molecule has 4 heteroatoms. The van der Waals surface area contributed by atoms with Crippen LogP contribution in [0, 0.1) is 25.2 Å². The van der Waals surface area contributed by atoms with Crippen LogP contribution >= 0.6 is 0 Å². The van der Waals surface area contributed by atoms with Crippen LogP contribution in [0.3, 0.4) is 0 Å². The van der Waals surface area contributed by atoms with Gasteiger partial charge in [-0.15, -0.1) is 5.10 Å². The predicted octanol–water partition coefficient (Wildman–Crippen LogP) is 3.48. The maximum Gasteiger partial charge on any atom is 0.0991 e. The fourth-order valence-corrected chi connectivity index (χ4v) is 2.60. The molecule has 0 spiro atoms. The Bertz CT molecular complexity index is 856. The van der Waals surface area contributed by atoms with E-state index in [2.05, 4.69) is 48.4 Å². The van der Waals surface area contributed by atoms with Crippen LogP contribution in [0.15, 0.2) is 48.7 Å². The average molecular weight is 288 g/mol. The molecule has 1 heterocycles. The highest BCUT2D eigenvalue weighted by Crippen LogP contribution is 2.24. The first-order valence-corrected chi connectivity index (χ1v) is 7.12. The molecule has 0 amide bonds. The molecule has 4 nitrogen and oxygen atoms in total. The predicted molar refractivity (Wildman–Crippen MR) is 85.2 cm³/mol. The fraction of sp³-hybridized carbons (Fsp3) is 0.167. The lowest BCUT2D eigenvalue weighted by atomic mass is 10.0. The minimum absolute atomic E-state index is 0.595. The summed E-state index contributed by atoms with van der Waals surface area (Å²) in [5, 5.41) is 17.2. The summed E-state index contributed by atoms with van der Waals surface area (Å²) < 4.78 is 1.87. The Morgan fingerprint density at radius 3 is 2.77 bits per heavy atom. The van der Waals surface area contributed by atoms with Crippen molar-refractivity contribution in [3.63, 3.8) is 0 Å². The van der Waals surface area contributed by atoms with Crippen molar-refractivity contribution in [1.29, 1.82) is 5.26 Å². The summed E-state index contributed by atoms with van der Waals surface area (Å²) in [5.41, 5.74) is 6.25. The molecule has 108 valence electrons. The molecule has 2 aromatic carbocycles. The molecule has 0 saturated heterocycles. The summed E-state index contributed by atoms with van der Waals surface area (Å²) in [6.07, 6.45) is 1.78. The highest BCUT2D eigenvalue weighted by atomic mass is 15.4. The maximum atomic E-state index is 9.00. The number of aromatic nitrogens is 3. The molecule has 3 aromatic rings. The summed E-state index contributed by atoms with van der Waals surface area (Å²) in [4.78, 5) is 0. The van der Waals surface area contributed by atoms with Gasteiger partial charge in [-0.25, -0.2) is 4.68 Å². The van der Waals surface area contributed by atoms with Gasteiger partial charge in [-0.2, -0.15) is 5.26 Å². The van der Waals surface area contributed by atoms with Crippen molar-refractivity contribution in [2.75, 3.05) is 0 Å². The molecule has 0 aliphatic heterocycles. The Balaban J connectivity index is 1.97. The second-order valence-electron chi connectivity index (χ2n) is 5.41. The monoisotopic (exact) mass is 288 g/mol. The van der Waals surface area contributed by atoms with Gasteiger partial charge in [0.1, 0.15) is 0 Å². The van der Waals surface area contributed by atoms with E-state index in [1.807, 2.05) is 22.9 Å². The second-order valence-corrected chi connectivity index (χ2v) is 5.41. The van der Waals surface area contributed by atoms with Crippen LogP contribution < -0.4 is 0 Å². The molecule has 0 saturated carbocycles. The van der Waals surface area contributed by atoms with Gasteiger partial charge < -0.3 is 0 Å². The van der Waals surface area contributed by atoms with E-state index in [0.717, 1.165) is 16.8 Å². The second kappa shape index (κ2) is 5.82. The first-order chi connectivity index (χ1) is 10.7. The first kappa shape index (κ1) is 14.0. The summed E-state index contributed by atoms with van der Waals surface area (Å²) in [6.45, 7) is 4.77. The van der Waals surface area contributed by atoms with Gasteiger partial charge in [0.25, 0.3) is 0 Å². The van der Waals surface area contributed by atoms with E-state index in [0.29, 0.717) is 12.1 Å². The SMILES string of the molecule is Cc1ccc(-c2cnnn2Cc2cccc(C#N)c2)c(C)c1. The van der Waals surface area contributed by atoms with Gasteiger partial charge in [-0.3, -0.25) is 0 Å². The van der Waals surface area contributed by atoms with E-state index in [4.69, 9.17) is 5.26 Å². The van der Waals surface area contributed by atoms with Crippen LogP contribution in [-0.4, -0.2) is 15.0 Å². The molecule has 0 bridgehead atoms. The summed E-state index contributed by atoms with van der Waals surface area (Å²) in [5.74, 6) is 0. The molecular weight excluding hydrogens is 272 g/mol. The van der Waals surface area contributed by atoms with Crippen LogP contribution in [0.2, 0.25) is 0 Å². The zero-order chi connectivity index (χ0) is 15.5. The number of rotatable bonds is 3. The van der Waals surface area contributed by atoms with Gasteiger partial charge in [0.15, 0.2) is 0 Å². The Morgan fingerprint density at radius 2 is 2.00 bits per heavy atom. The van der Waals surface area contributed by atoms with Crippen LogP contribution in [0.1, 0.15) is 22.3 Å². The van der Waals surface area contributed by atoms with Crippen molar-refractivity contribution in [2.24, 2.45) is 0 Å². The largest absolute Gasteiger partial charge is 0.240 e. The Labute approximate surface area is 129 Å². The van der Waals surface area contributed by atoms with E-state index >= 15 is 0 Å². The van der Waals surface area contributed by atoms with Gasteiger partial charge >= 0.3 is 0 Å². The lowest BCUT2D eigenvalue weighted by Gasteiger charge is -2.10. The lowest BCUT2D eigenvalue weighted by Crippen LogP contribution is -2.05. The molecule has 0 aliphatic rings. The van der Waals surface area contributed by atoms with E-state index in [-0.39, 0.29) is 0 Å². The zero-order valence-electron chi connectivity index (χ0n) is 12.6. The topological polar surface area (TPSA) is 54.5 Å². The highest BCUT2D eigenvalue weighted by Gasteiger charge is 2.10. The Morgan fingerprint density at radius 1 is 1.14 bits per heavy atom. The van der Waals surface area contributed by atoms with Gasteiger partial charge in [-0.1, -0.05) is 41.1 Å². The molecular formula is C18H16N4. The molecule has 0 aliphatic carbocycles. The Hall–Kier alpha value is -2.93. The number of aryl methyl sites for hydroxylation is 2. The smallest absolute Gasteiger partial charge is 0.0991 e. The van der Waals surface area contributed by atoms with Crippen molar-refractivity contribution in [3.8, 4) is 17.3 Å². The summed E-state index contributed by atoms with van der Waals surface area (Å²) >= 11 is 0. The van der Waals surface area contributed by atoms with Crippen molar-refractivity contribution < 1.29 is 0 Å². The minimum Gasteiger partial charge on any atom is -0.240 e. The molecule has 1 aromatic heterocycles. The van der Waals surface area contributed by atoms with Crippen LogP contribution in [0.25, 0.3) is 11.3 Å². The van der Waals surface area contributed by atoms with Crippen molar-refractivity contribution in [3.05, 3.63) is 70.9 Å². The third-order valence-electron chi connectivity index (χ3n) is 3.66. The van der Waals surface area contributed by atoms with Crippen LogP contribution in [0.4, 0.5) is 0 Å². The van der Waals surface area contributed by atoms with Gasteiger partial charge in [0.2, 0.25) is 0 Å². The quantitative estimate of drug-likeness (QED) is 0.741. The normalized spacial score (nSPS) is 10.4.